The first-order valence-electron chi connectivity index (χ1n) is 10.4. The summed E-state index contributed by atoms with van der Waals surface area (Å²) >= 11 is 0. The summed E-state index contributed by atoms with van der Waals surface area (Å²) in [4.78, 5) is 19.8. The molecule has 0 saturated heterocycles. The van der Waals surface area contributed by atoms with Gasteiger partial charge in [-0.3, -0.25) is 4.79 Å². The van der Waals surface area contributed by atoms with E-state index in [1.807, 2.05) is 13.0 Å². The van der Waals surface area contributed by atoms with Gasteiger partial charge in [-0.2, -0.15) is 0 Å². The number of nitrogens with zero attached hydrogens (tertiary/aromatic N) is 1. The molecule has 4 heteroatoms. The molecule has 3 rings (SSSR count). The Bertz CT molecular complexity index is 1010. The lowest BCUT2D eigenvalue weighted by atomic mass is 9.97. The maximum absolute atomic E-state index is 11.6. The van der Waals surface area contributed by atoms with Crippen molar-refractivity contribution in [2.24, 2.45) is 0 Å². The van der Waals surface area contributed by atoms with Crippen molar-refractivity contribution in [3.05, 3.63) is 64.0 Å². The largest absolute Gasteiger partial charge is 0.466 e. The van der Waals surface area contributed by atoms with Gasteiger partial charge in [-0.25, -0.2) is 4.98 Å². The molecule has 152 valence electrons. The van der Waals surface area contributed by atoms with E-state index < -0.39 is 0 Å². The van der Waals surface area contributed by atoms with E-state index in [4.69, 9.17) is 9.72 Å². The molecule has 0 aliphatic rings. The first-order valence-corrected chi connectivity index (χ1v) is 10.4. The number of hydrogen-bond donors (Lipinski definition) is 1. The van der Waals surface area contributed by atoms with Gasteiger partial charge in [-0.15, -0.1) is 0 Å². The van der Waals surface area contributed by atoms with Crippen molar-refractivity contribution in [1.82, 2.24) is 9.97 Å². The number of fused-ring (bicyclic) bond motifs is 1. The van der Waals surface area contributed by atoms with Crippen LogP contribution in [0.2, 0.25) is 0 Å². The molecule has 0 aliphatic carbocycles. The Hall–Kier alpha value is -2.88. The number of ether oxygens (including phenoxy) is 1. The Morgan fingerprint density at radius 1 is 1.10 bits per heavy atom. The van der Waals surface area contributed by atoms with E-state index >= 15 is 0 Å². The number of nitrogens with one attached hydrogen (secondary N) is 1. The molecule has 0 fully saturated rings. The Kier molecular flexibility index (Phi) is 6.86. The summed E-state index contributed by atoms with van der Waals surface area (Å²) < 4.78 is 5.02. The van der Waals surface area contributed by atoms with Crippen LogP contribution < -0.4 is 0 Å². The zero-order chi connectivity index (χ0) is 20.8. The second-order valence-electron chi connectivity index (χ2n) is 7.57. The van der Waals surface area contributed by atoms with Gasteiger partial charge in [0.1, 0.15) is 5.82 Å². The monoisotopic (exact) mass is 390 g/mol. The summed E-state index contributed by atoms with van der Waals surface area (Å²) in [6.45, 7) is 8.67. The molecule has 1 aromatic heterocycles. The maximum atomic E-state index is 11.6. The Labute approximate surface area is 173 Å². The van der Waals surface area contributed by atoms with Gasteiger partial charge in [0.15, 0.2) is 0 Å². The number of rotatable bonds is 8. The van der Waals surface area contributed by atoms with Crippen LogP contribution in [0.4, 0.5) is 0 Å². The number of carbonyl (C=O) groups is 1. The highest BCUT2D eigenvalue weighted by Crippen LogP contribution is 2.26. The van der Waals surface area contributed by atoms with E-state index in [9.17, 15) is 4.79 Å². The summed E-state index contributed by atoms with van der Waals surface area (Å²) in [7, 11) is 0. The number of esters is 1. The lowest BCUT2D eigenvalue weighted by Crippen LogP contribution is -2.04. The van der Waals surface area contributed by atoms with Crippen molar-refractivity contribution in [2.45, 2.75) is 53.4 Å². The van der Waals surface area contributed by atoms with E-state index in [0.717, 1.165) is 41.7 Å². The van der Waals surface area contributed by atoms with E-state index in [2.05, 4.69) is 62.2 Å². The van der Waals surface area contributed by atoms with Crippen LogP contribution in [0.5, 0.6) is 0 Å². The number of H-pyrrole nitrogens is 1. The van der Waals surface area contributed by atoms with Crippen LogP contribution in [0.15, 0.2) is 30.3 Å². The molecule has 0 radical (unpaired) electrons. The smallest absolute Gasteiger partial charge is 0.305 e. The third-order valence-electron chi connectivity index (χ3n) is 5.31. The molecule has 0 unspecified atom stereocenters. The summed E-state index contributed by atoms with van der Waals surface area (Å²) in [5, 5.41) is 0. The molecule has 0 saturated carbocycles. The molecule has 2 aromatic carbocycles. The maximum Gasteiger partial charge on any atom is 0.305 e. The van der Waals surface area contributed by atoms with Crippen molar-refractivity contribution < 1.29 is 9.53 Å². The molecule has 4 nitrogen and oxygen atoms in total. The zero-order valence-corrected chi connectivity index (χ0v) is 17.8. The molecular weight excluding hydrogens is 360 g/mol. The van der Waals surface area contributed by atoms with Crippen LogP contribution in [0, 0.1) is 20.8 Å². The average molecular weight is 391 g/mol. The fourth-order valence-electron chi connectivity index (χ4n) is 3.52. The molecule has 0 atom stereocenters. The van der Waals surface area contributed by atoms with Gasteiger partial charge in [0.05, 0.1) is 17.6 Å². The van der Waals surface area contributed by atoms with Crippen molar-refractivity contribution >= 4 is 29.2 Å². The number of aromatic nitrogens is 2. The number of unbranched alkanes of at least 4 members (excludes halogenated alkanes) is 1. The molecule has 1 N–H and O–H groups in total. The lowest BCUT2D eigenvalue weighted by molar-refractivity contribution is -0.143. The lowest BCUT2D eigenvalue weighted by Gasteiger charge is -2.10. The van der Waals surface area contributed by atoms with Crippen molar-refractivity contribution in [3.8, 4) is 0 Å². The van der Waals surface area contributed by atoms with Gasteiger partial charge >= 0.3 is 5.97 Å². The number of carbonyl (C=O) groups excluding carboxylic acids is 1. The average Bonchev–Trinajstić information content (AvgIpc) is 3.10. The van der Waals surface area contributed by atoms with E-state index in [1.165, 1.54) is 22.3 Å². The van der Waals surface area contributed by atoms with Gasteiger partial charge in [-0.05, 0) is 81.4 Å². The second-order valence-corrected chi connectivity index (χ2v) is 7.57. The van der Waals surface area contributed by atoms with Gasteiger partial charge in [0, 0.05) is 6.42 Å². The highest BCUT2D eigenvalue weighted by atomic mass is 16.5. The van der Waals surface area contributed by atoms with E-state index in [0.29, 0.717) is 13.0 Å². The third kappa shape index (κ3) is 5.35. The minimum atomic E-state index is -0.109. The quantitative estimate of drug-likeness (QED) is 0.383. The highest BCUT2D eigenvalue weighted by Gasteiger charge is 2.12. The van der Waals surface area contributed by atoms with Crippen molar-refractivity contribution in [3.63, 3.8) is 0 Å². The van der Waals surface area contributed by atoms with Gasteiger partial charge < -0.3 is 9.72 Å². The second kappa shape index (κ2) is 9.55. The number of aryl methyl sites for hydroxylation is 3. The van der Waals surface area contributed by atoms with Crippen LogP contribution >= 0.6 is 0 Å². The van der Waals surface area contributed by atoms with Crippen LogP contribution in [0.1, 0.15) is 59.8 Å². The minimum Gasteiger partial charge on any atom is -0.466 e. The standard InChI is InChI=1S/C25H30N2O2/c1-5-29-24(28)9-7-6-8-21-19(4)18(3)16-22-25(21)27-23(26-22)15-14-20-12-10-17(2)11-13-20/h10-16H,5-9H2,1-4H3,(H,26,27)/b15-14+. The van der Waals surface area contributed by atoms with Crippen LogP contribution in [0.3, 0.4) is 0 Å². The molecular formula is C25H30N2O2. The highest BCUT2D eigenvalue weighted by molar-refractivity contribution is 5.83. The Morgan fingerprint density at radius 2 is 1.86 bits per heavy atom. The Morgan fingerprint density at radius 3 is 2.59 bits per heavy atom. The number of imidazole rings is 1. The fraction of sp³-hybridized carbons (Fsp3) is 0.360. The van der Waals surface area contributed by atoms with Gasteiger partial charge in [0.2, 0.25) is 0 Å². The summed E-state index contributed by atoms with van der Waals surface area (Å²) in [5.74, 6) is 0.750. The zero-order valence-electron chi connectivity index (χ0n) is 17.8. The number of benzene rings is 2. The summed E-state index contributed by atoms with van der Waals surface area (Å²) in [6, 6.07) is 10.6. The van der Waals surface area contributed by atoms with Crippen molar-refractivity contribution in [1.29, 1.82) is 0 Å². The molecule has 0 bridgehead atoms. The topological polar surface area (TPSA) is 55.0 Å². The molecule has 3 aromatic rings. The fourth-order valence-corrected chi connectivity index (χ4v) is 3.52. The SMILES string of the molecule is CCOC(=O)CCCCc1c(C)c(C)cc2[nH]c(/C=C/c3ccc(C)cc3)nc12. The Balaban J connectivity index is 1.77. The minimum absolute atomic E-state index is 0.109. The summed E-state index contributed by atoms with van der Waals surface area (Å²) in [5.41, 5.74) is 8.33. The van der Waals surface area contributed by atoms with Gasteiger partial charge in [0.25, 0.3) is 0 Å². The molecule has 29 heavy (non-hydrogen) atoms. The first kappa shape index (κ1) is 20.8. The molecule has 1 heterocycles. The van der Waals surface area contributed by atoms with Crippen LogP contribution in [-0.4, -0.2) is 22.5 Å². The predicted octanol–water partition coefficient (Wildman–Crippen LogP) is 5.93. The van der Waals surface area contributed by atoms with Gasteiger partial charge in [-0.1, -0.05) is 35.9 Å². The van der Waals surface area contributed by atoms with E-state index in [-0.39, 0.29) is 5.97 Å². The van der Waals surface area contributed by atoms with Crippen LogP contribution in [-0.2, 0) is 16.0 Å². The summed E-state index contributed by atoms with van der Waals surface area (Å²) in [6.07, 6.45) is 7.27. The molecule has 0 amide bonds. The molecule has 0 aliphatic heterocycles. The third-order valence-corrected chi connectivity index (χ3v) is 5.31. The van der Waals surface area contributed by atoms with Crippen molar-refractivity contribution in [2.75, 3.05) is 6.61 Å². The number of hydrogen-bond acceptors (Lipinski definition) is 3. The predicted molar refractivity (Wildman–Crippen MR) is 120 cm³/mol. The normalized spacial score (nSPS) is 11.4. The molecule has 0 spiro atoms. The first-order chi connectivity index (χ1) is 14.0. The van der Waals surface area contributed by atoms with Crippen LogP contribution in [0.25, 0.3) is 23.2 Å². The number of aromatic amines is 1. The van der Waals surface area contributed by atoms with E-state index in [1.54, 1.807) is 0 Å².